The van der Waals surface area contributed by atoms with Crippen molar-refractivity contribution in [3.63, 3.8) is 0 Å². The van der Waals surface area contributed by atoms with Gasteiger partial charge in [0.1, 0.15) is 6.04 Å². The van der Waals surface area contributed by atoms with E-state index in [-0.39, 0.29) is 16.9 Å². The average molecular weight is 334 g/mol. The fourth-order valence-corrected chi connectivity index (χ4v) is 5.48. The highest BCUT2D eigenvalue weighted by molar-refractivity contribution is 6.80. The summed E-state index contributed by atoms with van der Waals surface area (Å²) in [5.74, 6) is 0.266. The molecule has 0 spiro atoms. The minimum atomic E-state index is -2.10. The van der Waals surface area contributed by atoms with E-state index in [1.54, 1.807) is 0 Å². The second kappa shape index (κ2) is 5.92. The molecule has 122 valence electrons. The van der Waals surface area contributed by atoms with Gasteiger partial charge in [-0.05, 0) is 24.8 Å². The molecule has 1 aliphatic heterocycles. The number of ether oxygens (including phenoxy) is 1. The minimum Gasteiger partial charge on any atom is -0.467 e. The molecule has 1 aliphatic rings. The molecule has 0 aliphatic carbocycles. The maximum atomic E-state index is 12.8. The summed E-state index contributed by atoms with van der Waals surface area (Å²) in [4.78, 5) is 25.1. The lowest BCUT2D eigenvalue weighted by Gasteiger charge is -2.61. The van der Waals surface area contributed by atoms with Crippen LogP contribution in [0.25, 0.3) is 0 Å². The Labute approximate surface area is 134 Å². The van der Waals surface area contributed by atoms with Gasteiger partial charge in [-0.25, -0.2) is 4.79 Å². The molecule has 0 aromatic carbocycles. The van der Waals surface area contributed by atoms with Crippen LogP contribution in [0.2, 0.25) is 18.1 Å². The number of alkyl halides is 1. The lowest BCUT2D eigenvalue weighted by Crippen LogP contribution is -2.79. The van der Waals surface area contributed by atoms with Crippen LogP contribution in [-0.4, -0.2) is 43.7 Å². The van der Waals surface area contributed by atoms with E-state index in [2.05, 4.69) is 33.9 Å². The molecule has 0 bridgehead atoms. The third kappa shape index (κ3) is 2.87. The summed E-state index contributed by atoms with van der Waals surface area (Å²) in [6, 6.07) is -0.473. The van der Waals surface area contributed by atoms with E-state index >= 15 is 0 Å². The van der Waals surface area contributed by atoms with Gasteiger partial charge in [0.25, 0.3) is 0 Å². The Balaban J connectivity index is 3.18. The van der Waals surface area contributed by atoms with Gasteiger partial charge in [-0.2, -0.15) is 0 Å². The second-order valence-electron chi connectivity index (χ2n) is 7.62. The van der Waals surface area contributed by atoms with Gasteiger partial charge in [-0.3, -0.25) is 4.79 Å². The number of nitrogens with zero attached hydrogens (tertiary/aromatic N) is 1. The van der Waals surface area contributed by atoms with Crippen LogP contribution < -0.4 is 0 Å². The molecule has 1 saturated heterocycles. The molecule has 1 amide bonds. The molecule has 6 heteroatoms. The average Bonchev–Trinajstić information content (AvgIpc) is 2.38. The number of carbonyl (C=O) groups is 2. The summed E-state index contributed by atoms with van der Waals surface area (Å²) >= 11 is 5.76. The molecule has 21 heavy (non-hydrogen) atoms. The van der Waals surface area contributed by atoms with Crippen molar-refractivity contribution in [2.24, 2.45) is 5.41 Å². The molecule has 0 saturated carbocycles. The number of β-lactam (4-membered cyclic amide) rings is 1. The maximum Gasteiger partial charge on any atom is 0.328 e. The van der Waals surface area contributed by atoms with Gasteiger partial charge in [0, 0.05) is 5.88 Å². The Morgan fingerprint density at radius 1 is 1.43 bits per heavy atom. The van der Waals surface area contributed by atoms with E-state index in [0.29, 0.717) is 12.3 Å². The van der Waals surface area contributed by atoms with Crippen molar-refractivity contribution in [1.82, 2.24) is 4.57 Å². The molecular formula is C15H28ClNO3Si. The van der Waals surface area contributed by atoms with Crippen LogP contribution in [0, 0.1) is 5.41 Å². The van der Waals surface area contributed by atoms with Crippen LogP contribution in [0.1, 0.15) is 40.5 Å². The number of hydrogen-bond donors (Lipinski definition) is 0. The van der Waals surface area contributed by atoms with Crippen molar-refractivity contribution in [2.45, 2.75) is 64.7 Å². The number of carbonyl (C=O) groups excluding carboxylic acids is 2. The van der Waals surface area contributed by atoms with Gasteiger partial charge in [0.15, 0.2) is 8.24 Å². The van der Waals surface area contributed by atoms with Gasteiger partial charge in [0.2, 0.25) is 5.91 Å². The van der Waals surface area contributed by atoms with E-state index in [0.717, 1.165) is 6.42 Å². The lowest BCUT2D eigenvalue weighted by molar-refractivity contribution is -0.177. The smallest absolute Gasteiger partial charge is 0.328 e. The third-order valence-electron chi connectivity index (χ3n) is 5.26. The number of esters is 1. The van der Waals surface area contributed by atoms with Crippen molar-refractivity contribution in [1.29, 1.82) is 0 Å². The molecule has 0 aromatic rings. The Morgan fingerprint density at radius 2 is 1.95 bits per heavy atom. The first-order valence-corrected chi connectivity index (χ1v) is 10.9. The normalized spacial score (nSPS) is 26.6. The lowest BCUT2D eigenvalue weighted by atomic mass is 9.71. The predicted octanol–water partition coefficient (Wildman–Crippen LogP) is 3.40. The SMILES string of the molecule is COC(=O)C1N([Si](C)(C)C(C)(C)C)C(=O)C1(C)CCCCl. The Morgan fingerprint density at radius 3 is 2.33 bits per heavy atom. The van der Waals surface area contributed by atoms with Crippen LogP contribution in [-0.2, 0) is 14.3 Å². The molecule has 2 atom stereocenters. The highest BCUT2D eigenvalue weighted by atomic mass is 35.5. The molecule has 0 aromatic heterocycles. The largest absolute Gasteiger partial charge is 0.467 e. The predicted molar refractivity (Wildman–Crippen MR) is 87.9 cm³/mol. The van der Waals surface area contributed by atoms with Gasteiger partial charge in [0.05, 0.1) is 12.5 Å². The third-order valence-corrected chi connectivity index (χ3v) is 10.9. The topological polar surface area (TPSA) is 46.6 Å². The van der Waals surface area contributed by atoms with Crippen LogP contribution in [0.4, 0.5) is 0 Å². The van der Waals surface area contributed by atoms with Crippen LogP contribution in [0.15, 0.2) is 0 Å². The standard InChI is InChI=1S/C15H28ClNO3Si/c1-14(2,3)21(6,7)17-11(12(18)20-5)15(4,13(17)19)9-8-10-16/h11H,8-10H2,1-7H3. The number of hydrogen-bond acceptors (Lipinski definition) is 3. The molecule has 4 nitrogen and oxygen atoms in total. The highest BCUT2D eigenvalue weighted by Gasteiger charge is 2.66. The number of halogens is 1. The molecule has 1 rings (SSSR count). The Hall–Kier alpha value is -0.553. The number of methoxy groups -OCH3 is 1. The summed E-state index contributed by atoms with van der Waals surface area (Å²) in [6.45, 7) is 12.6. The van der Waals surface area contributed by atoms with E-state index in [1.165, 1.54) is 7.11 Å². The van der Waals surface area contributed by atoms with Crippen LogP contribution >= 0.6 is 11.6 Å². The highest BCUT2D eigenvalue weighted by Crippen LogP contribution is 2.51. The first-order chi connectivity index (χ1) is 9.45. The molecule has 0 N–H and O–H groups in total. The fraction of sp³-hybridized carbons (Fsp3) is 0.867. The van der Waals surface area contributed by atoms with Crippen molar-refractivity contribution in [3.05, 3.63) is 0 Å². The first kappa shape index (κ1) is 18.5. The van der Waals surface area contributed by atoms with Crippen molar-refractivity contribution >= 4 is 31.7 Å². The quantitative estimate of drug-likeness (QED) is 0.335. The molecular weight excluding hydrogens is 306 g/mol. The van der Waals surface area contributed by atoms with Crippen LogP contribution in [0.5, 0.6) is 0 Å². The van der Waals surface area contributed by atoms with E-state index < -0.39 is 19.7 Å². The molecule has 1 fully saturated rings. The monoisotopic (exact) mass is 333 g/mol. The van der Waals surface area contributed by atoms with E-state index in [1.807, 2.05) is 11.5 Å². The minimum absolute atomic E-state index is 0.0112. The van der Waals surface area contributed by atoms with Gasteiger partial charge in [-0.15, -0.1) is 11.6 Å². The number of rotatable bonds is 5. The van der Waals surface area contributed by atoms with E-state index in [4.69, 9.17) is 16.3 Å². The van der Waals surface area contributed by atoms with Gasteiger partial charge < -0.3 is 9.30 Å². The summed E-state index contributed by atoms with van der Waals surface area (Å²) in [5.41, 5.74) is -0.669. The summed E-state index contributed by atoms with van der Waals surface area (Å²) < 4.78 is 6.81. The van der Waals surface area contributed by atoms with Crippen LogP contribution in [0.3, 0.4) is 0 Å². The Kier molecular flexibility index (Phi) is 5.21. The van der Waals surface area contributed by atoms with Crippen molar-refractivity contribution in [3.8, 4) is 0 Å². The van der Waals surface area contributed by atoms with Crippen molar-refractivity contribution < 1.29 is 14.3 Å². The zero-order valence-corrected chi connectivity index (χ0v) is 16.0. The fourth-order valence-electron chi connectivity index (χ4n) is 2.82. The summed E-state index contributed by atoms with van der Waals surface area (Å²) in [7, 11) is -0.719. The summed E-state index contributed by atoms with van der Waals surface area (Å²) in [5, 5.41) is -0.0112. The molecule has 0 radical (unpaired) electrons. The van der Waals surface area contributed by atoms with Gasteiger partial charge >= 0.3 is 5.97 Å². The second-order valence-corrected chi connectivity index (χ2v) is 13.1. The zero-order chi connectivity index (χ0) is 16.6. The molecule has 1 heterocycles. The maximum absolute atomic E-state index is 12.8. The van der Waals surface area contributed by atoms with E-state index in [9.17, 15) is 9.59 Å². The zero-order valence-electron chi connectivity index (χ0n) is 14.2. The Bertz CT molecular complexity index is 433. The summed E-state index contributed by atoms with van der Waals surface area (Å²) in [6.07, 6.45) is 1.35. The van der Waals surface area contributed by atoms with Crippen molar-refractivity contribution in [2.75, 3.05) is 13.0 Å². The molecule has 2 unspecified atom stereocenters. The first-order valence-electron chi connectivity index (χ1n) is 7.42. The number of amides is 1. The van der Waals surface area contributed by atoms with Gasteiger partial charge in [-0.1, -0.05) is 33.9 Å².